The number of aromatic nitrogens is 2. The van der Waals surface area contributed by atoms with Crippen LogP contribution in [0.2, 0.25) is 0 Å². The van der Waals surface area contributed by atoms with Gasteiger partial charge in [0, 0.05) is 42.1 Å². The highest BCUT2D eigenvalue weighted by molar-refractivity contribution is 6.48. The lowest BCUT2D eigenvalue weighted by Crippen LogP contribution is -2.38. The van der Waals surface area contributed by atoms with Crippen molar-refractivity contribution in [3.63, 3.8) is 0 Å². The fraction of sp³-hybridized carbons (Fsp3) is 0.385. The lowest BCUT2D eigenvalue weighted by molar-refractivity contribution is -0.112. The summed E-state index contributed by atoms with van der Waals surface area (Å²) in [6.07, 6.45) is 0. The highest BCUT2D eigenvalue weighted by Crippen LogP contribution is 2.29. The van der Waals surface area contributed by atoms with Crippen molar-refractivity contribution in [2.75, 3.05) is 50.5 Å². The number of amides is 1. The number of anilines is 2. The maximum absolute atomic E-state index is 13.1. The van der Waals surface area contributed by atoms with Crippen molar-refractivity contribution < 1.29 is 19.1 Å². The van der Waals surface area contributed by atoms with Crippen LogP contribution in [0.4, 0.5) is 11.8 Å². The zero-order valence-electron chi connectivity index (χ0n) is 20.3. The summed E-state index contributed by atoms with van der Waals surface area (Å²) in [5.41, 5.74) is 6.53. The summed E-state index contributed by atoms with van der Waals surface area (Å²) in [6, 6.07) is 12.4. The topological polar surface area (TPSA) is 120 Å². The van der Waals surface area contributed by atoms with Crippen molar-refractivity contribution in [3.05, 3.63) is 53.7 Å². The Kier molecular flexibility index (Phi) is 7.28. The van der Waals surface area contributed by atoms with E-state index in [1.807, 2.05) is 39.0 Å². The number of nitrogens with two attached hydrogens (primary N) is 1. The maximum atomic E-state index is 13.1. The zero-order chi connectivity index (χ0) is 25.0. The first-order valence-electron chi connectivity index (χ1n) is 11.7. The van der Waals surface area contributed by atoms with E-state index in [1.54, 1.807) is 24.3 Å². The molecule has 0 unspecified atom stereocenters. The second-order valence-electron chi connectivity index (χ2n) is 9.49. The molecule has 0 radical (unpaired) electrons. The van der Waals surface area contributed by atoms with E-state index in [-0.39, 0.29) is 22.7 Å². The fourth-order valence-corrected chi connectivity index (χ4v) is 3.89. The predicted octanol–water partition coefficient (Wildman–Crippen LogP) is 3.04. The molecule has 0 saturated carbocycles. The fourth-order valence-electron chi connectivity index (χ4n) is 3.89. The van der Waals surface area contributed by atoms with Gasteiger partial charge in [0.2, 0.25) is 5.95 Å². The Labute approximate surface area is 204 Å². The number of carbonyl (C=O) groups is 2. The van der Waals surface area contributed by atoms with Crippen LogP contribution in [0.5, 0.6) is 5.75 Å². The van der Waals surface area contributed by atoms with E-state index in [0.29, 0.717) is 23.4 Å². The molecular weight excluding hydrogens is 446 g/mol. The number of ketones is 1. The number of hydrogen-bond acceptors (Lipinski definition) is 8. The summed E-state index contributed by atoms with van der Waals surface area (Å²) < 4.78 is 11.4. The molecule has 0 spiro atoms. The average Bonchev–Trinajstić information content (AvgIpc) is 2.83. The zero-order valence-corrected chi connectivity index (χ0v) is 20.3. The average molecular weight is 478 g/mol. The molecule has 9 nitrogen and oxygen atoms in total. The molecule has 1 aliphatic rings. The second-order valence-corrected chi connectivity index (χ2v) is 9.49. The van der Waals surface area contributed by atoms with Gasteiger partial charge in [-0.2, -0.15) is 4.98 Å². The van der Waals surface area contributed by atoms with Crippen LogP contribution in [0.1, 0.15) is 36.8 Å². The van der Waals surface area contributed by atoms with Crippen LogP contribution in [0.15, 0.2) is 42.5 Å². The summed E-state index contributed by atoms with van der Waals surface area (Å²) >= 11 is 0. The predicted molar refractivity (Wildman–Crippen MR) is 135 cm³/mol. The van der Waals surface area contributed by atoms with Gasteiger partial charge in [-0.1, -0.05) is 45.0 Å². The Bertz CT molecular complexity index is 1230. The molecule has 0 atom stereocenters. The van der Waals surface area contributed by atoms with Crippen molar-refractivity contribution in [2.45, 2.75) is 26.2 Å². The molecule has 1 saturated heterocycles. The molecule has 4 rings (SSSR count). The van der Waals surface area contributed by atoms with Crippen molar-refractivity contribution >= 4 is 34.2 Å². The van der Waals surface area contributed by atoms with Gasteiger partial charge in [0.25, 0.3) is 11.7 Å². The minimum atomic E-state index is -0.832. The first-order chi connectivity index (χ1) is 16.7. The highest BCUT2D eigenvalue weighted by atomic mass is 16.5. The van der Waals surface area contributed by atoms with Crippen LogP contribution in [0.3, 0.4) is 0 Å². The number of Topliss-reactive ketones (excluding diaryl/α,β-unsaturated/α-hetero) is 1. The lowest BCUT2D eigenvalue weighted by Gasteiger charge is -2.26. The quantitative estimate of drug-likeness (QED) is 0.394. The summed E-state index contributed by atoms with van der Waals surface area (Å²) in [4.78, 5) is 36.7. The number of carbonyl (C=O) groups excluding carboxylic acids is 2. The minimum Gasteiger partial charge on any atom is -0.492 e. The van der Waals surface area contributed by atoms with Crippen LogP contribution >= 0.6 is 0 Å². The van der Waals surface area contributed by atoms with Crippen LogP contribution in [-0.4, -0.2) is 66.0 Å². The van der Waals surface area contributed by atoms with E-state index in [0.717, 1.165) is 38.2 Å². The molecule has 35 heavy (non-hydrogen) atoms. The number of benzene rings is 2. The van der Waals surface area contributed by atoms with Gasteiger partial charge >= 0.3 is 0 Å². The normalized spacial score (nSPS) is 14.6. The number of fused-ring (bicyclic) bond motifs is 1. The highest BCUT2D eigenvalue weighted by Gasteiger charge is 2.23. The molecule has 2 aromatic carbocycles. The van der Waals surface area contributed by atoms with Gasteiger partial charge in [-0.15, -0.1) is 0 Å². The third-order valence-corrected chi connectivity index (χ3v) is 5.84. The maximum Gasteiger partial charge on any atom is 0.299 e. The second kappa shape index (κ2) is 10.4. The number of nitrogens with zero attached hydrogens (tertiary/aromatic N) is 3. The van der Waals surface area contributed by atoms with Crippen LogP contribution in [-0.2, 0) is 14.9 Å². The molecular formula is C26H31N5O4. The summed E-state index contributed by atoms with van der Waals surface area (Å²) in [5, 5.41) is 3.91. The molecule has 184 valence electrons. The van der Waals surface area contributed by atoms with E-state index < -0.39 is 11.7 Å². The van der Waals surface area contributed by atoms with Crippen LogP contribution < -0.4 is 15.8 Å². The molecule has 2 heterocycles. The van der Waals surface area contributed by atoms with Gasteiger partial charge in [0.1, 0.15) is 18.2 Å². The van der Waals surface area contributed by atoms with Crippen LogP contribution in [0.25, 0.3) is 10.8 Å². The van der Waals surface area contributed by atoms with Crippen molar-refractivity contribution in [1.29, 1.82) is 0 Å². The van der Waals surface area contributed by atoms with Gasteiger partial charge < -0.3 is 15.2 Å². The van der Waals surface area contributed by atoms with E-state index in [1.165, 1.54) is 0 Å². The number of ether oxygens (including phenoxy) is 2. The monoisotopic (exact) mass is 477 g/mol. The first-order valence-corrected chi connectivity index (χ1v) is 11.7. The molecule has 1 aromatic heterocycles. The van der Waals surface area contributed by atoms with E-state index in [2.05, 4.69) is 20.2 Å². The van der Waals surface area contributed by atoms with Crippen LogP contribution in [0, 0.1) is 0 Å². The molecule has 9 heteroatoms. The van der Waals surface area contributed by atoms with Gasteiger partial charge in [0.15, 0.2) is 0 Å². The van der Waals surface area contributed by atoms with E-state index in [9.17, 15) is 9.59 Å². The Morgan fingerprint density at radius 2 is 1.80 bits per heavy atom. The molecule has 0 aliphatic carbocycles. The van der Waals surface area contributed by atoms with Crippen molar-refractivity contribution in [2.24, 2.45) is 0 Å². The van der Waals surface area contributed by atoms with Gasteiger partial charge in [0.05, 0.1) is 18.9 Å². The SMILES string of the molecule is CC(C)(C)c1cc(N)nc(NC(=O)C(=O)c2ccc(OCCN3CCOCC3)c3ccccc23)n1. The molecule has 0 bridgehead atoms. The van der Waals surface area contributed by atoms with E-state index in [4.69, 9.17) is 15.2 Å². The smallest absolute Gasteiger partial charge is 0.299 e. The molecule has 1 fully saturated rings. The Morgan fingerprint density at radius 1 is 1.09 bits per heavy atom. The molecule has 1 amide bonds. The van der Waals surface area contributed by atoms with Gasteiger partial charge in [-0.25, -0.2) is 4.98 Å². The Morgan fingerprint density at radius 3 is 2.51 bits per heavy atom. The standard InChI is InChI=1S/C26H31N5O4/c1-26(2,3)21-16-22(27)29-25(28-21)30-24(33)23(32)19-8-9-20(18-7-5-4-6-17(18)19)35-15-12-31-10-13-34-14-11-31/h4-9,16H,10-15H2,1-3H3,(H3,27,28,29,30,33). The lowest BCUT2D eigenvalue weighted by atomic mass is 9.92. The summed E-state index contributed by atoms with van der Waals surface area (Å²) in [5.74, 6) is -0.636. The van der Waals surface area contributed by atoms with Gasteiger partial charge in [-0.05, 0) is 17.5 Å². The minimum absolute atomic E-state index is 0.000599. The third-order valence-electron chi connectivity index (χ3n) is 5.84. The summed E-state index contributed by atoms with van der Waals surface area (Å²) in [7, 11) is 0. The molecule has 1 aliphatic heterocycles. The Balaban J connectivity index is 1.51. The largest absolute Gasteiger partial charge is 0.492 e. The molecule has 3 aromatic rings. The summed E-state index contributed by atoms with van der Waals surface area (Å²) in [6.45, 7) is 10.5. The van der Waals surface area contributed by atoms with E-state index >= 15 is 0 Å². The molecule has 3 N–H and O–H groups in total. The third kappa shape index (κ3) is 5.93. The van der Waals surface area contributed by atoms with Crippen molar-refractivity contribution in [3.8, 4) is 5.75 Å². The van der Waals surface area contributed by atoms with Crippen molar-refractivity contribution in [1.82, 2.24) is 14.9 Å². The number of nitrogens with one attached hydrogen (secondary N) is 1. The number of morpholine rings is 1. The Hall–Kier alpha value is -3.56. The number of nitrogen functional groups attached to an aromatic ring is 1. The number of rotatable bonds is 7. The number of hydrogen-bond donors (Lipinski definition) is 2. The first kappa shape index (κ1) is 24.6. The van der Waals surface area contributed by atoms with Gasteiger partial charge in [-0.3, -0.25) is 19.8 Å².